The van der Waals surface area contributed by atoms with E-state index in [9.17, 15) is 9.18 Å². The number of halogens is 1. The summed E-state index contributed by atoms with van der Waals surface area (Å²) in [6.07, 6.45) is 0. The third-order valence-electron chi connectivity index (χ3n) is 1.27. The third-order valence-corrected chi connectivity index (χ3v) is 1.66. The molecule has 12 heavy (non-hydrogen) atoms. The topological polar surface area (TPSA) is 29.1 Å². The Hall–Kier alpha value is -1.03. The number of hydrogen-bond acceptors (Lipinski definition) is 2. The Morgan fingerprint density at radius 3 is 2.83 bits per heavy atom. The van der Waals surface area contributed by atoms with E-state index >= 15 is 0 Å². The first-order valence-electron chi connectivity index (χ1n) is 3.35. The number of amides is 1. The molecule has 0 saturated carbocycles. The van der Waals surface area contributed by atoms with Crippen molar-refractivity contribution in [2.75, 3.05) is 5.32 Å². The van der Waals surface area contributed by atoms with Gasteiger partial charge in [-0.3, -0.25) is 4.79 Å². The van der Waals surface area contributed by atoms with Crippen molar-refractivity contribution in [2.45, 2.75) is 11.8 Å². The van der Waals surface area contributed by atoms with Gasteiger partial charge in [-0.2, -0.15) is 0 Å². The first-order valence-corrected chi connectivity index (χ1v) is 3.80. The van der Waals surface area contributed by atoms with E-state index in [0.717, 1.165) is 0 Å². The maximum absolute atomic E-state index is 12.6. The highest BCUT2D eigenvalue weighted by atomic mass is 32.1. The zero-order valence-electron chi connectivity index (χ0n) is 6.47. The molecule has 0 radical (unpaired) electrons. The van der Waals surface area contributed by atoms with Gasteiger partial charge in [0.15, 0.2) is 0 Å². The number of carbonyl (C=O) groups excluding carboxylic acids is 1. The summed E-state index contributed by atoms with van der Waals surface area (Å²) < 4.78 is 12.6. The van der Waals surface area contributed by atoms with Gasteiger partial charge in [0, 0.05) is 11.8 Å². The Labute approximate surface area is 75.2 Å². The first kappa shape index (κ1) is 9.06. The second-order valence-electron chi connectivity index (χ2n) is 2.34. The molecular weight excluding hydrogens is 177 g/mol. The highest BCUT2D eigenvalue weighted by molar-refractivity contribution is 7.80. The van der Waals surface area contributed by atoms with Crippen LogP contribution in [0.15, 0.2) is 23.1 Å². The molecule has 1 rings (SSSR count). The van der Waals surface area contributed by atoms with E-state index in [2.05, 4.69) is 17.9 Å². The Balaban J connectivity index is 2.97. The predicted octanol–water partition coefficient (Wildman–Crippen LogP) is 2.07. The summed E-state index contributed by atoms with van der Waals surface area (Å²) in [6, 6.07) is 4.00. The molecule has 0 aliphatic rings. The van der Waals surface area contributed by atoms with Crippen molar-refractivity contribution in [3.8, 4) is 0 Å². The minimum Gasteiger partial charge on any atom is -0.325 e. The van der Waals surface area contributed by atoms with Crippen molar-refractivity contribution in [2.24, 2.45) is 0 Å². The Morgan fingerprint density at radius 1 is 1.58 bits per heavy atom. The van der Waals surface area contributed by atoms with E-state index in [1.165, 1.54) is 25.1 Å². The van der Waals surface area contributed by atoms with Crippen molar-refractivity contribution >= 4 is 24.2 Å². The molecule has 4 heteroatoms. The molecule has 1 aromatic carbocycles. The third kappa shape index (κ3) is 2.23. The van der Waals surface area contributed by atoms with Gasteiger partial charge in [0.2, 0.25) is 5.91 Å². The zero-order valence-corrected chi connectivity index (χ0v) is 7.36. The van der Waals surface area contributed by atoms with Crippen molar-refractivity contribution in [3.63, 3.8) is 0 Å². The molecule has 0 spiro atoms. The maximum Gasteiger partial charge on any atom is 0.221 e. The fraction of sp³-hybridized carbons (Fsp3) is 0.125. The van der Waals surface area contributed by atoms with Crippen LogP contribution in [0.2, 0.25) is 0 Å². The fourth-order valence-electron chi connectivity index (χ4n) is 0.798. The molecule has 1 amide bonds. The van der Waals surface area contributed by atoms with Gasteiger partial charge in [0.05, 0.1) is 5.69 Å². The van der Waals surface area contributed by atoms with E-state index in [0.29, 0.717) is 10.6 Å². The van der Waals surface area contributed by atoms with Crippen molar-refractivity contribution in [3.05, 3.63) is 24.0 Å². The van der Waals surface area contributed by atoms with Gasteiger partial charge >= 0.3 is 0 Å². The van der Waals surface area contributed by atoms with E-state index in [1.807, 2.05) is 0 Å². The number of carbonyl (C=O) groups is 1. The minimum atomic E-state index is -0.392. The van der Waals surface area contributed by atoms with Gasteiger partial charge < -0.3 is 5.32 Å². The number of rotatable bonds is 1. The molecule has 0 aliphatic heterocycles. The Bertz CT molecular complexity index is 314. The van der Waals surface area contributed by atoms with Crippen LogP contribution in [-0.4, -0.2) is 5.91 Å². The summed E-state index contributed by atoms with van der Waals surface area (Å²) in [7, 11) is 0. The van der Waals surface area contributed by atoms with Crippen LogP contribution in [0, 0.1) is 5.82 Å². The second kappa shape index (κ2) is 3.58. The van der Waals surface area contributed by atoms with Crippen LogP contribution < -0.4 is 5.32 Å². The van der Waals surface area contributed by atoms with Crippen LogP contribution in [0.25, 0.3) is 0 Å². The van der Waals surface area contributed by atoms with Crippen molar-refractivity contribution < 1.29 is 9.18 Å². The molecule has 0 bridgehead atoms. The number of thiol groups is 1. The van der Waals surface area contributed by atoms with Crippen molar-refractivity contribution in [1.82, 2.24) is 0 Å². The predicted molar refractivity (Wildman–Crippen MR) is 48.0 cm³/mol. The lowest BCUT2D eigenvalue weighted by molar-refractivity contribution is -0.114. The van der Waals surface area contributed by atoms with Gasteiger partial charge in [-0.05, 0) is 18.2 Å². The Morgan fingerprint density at radius 2 is 2.25 bits per heavy atom. The molecule has 1 aromatic rings. The van der Waals surface area contributed by atoms with Gasteiger partial charge in [0.1, 0.15) is 5.82 Å². The fourth-order valence-corrected chi connectivity index (χ4v) is 0.993. The molecule has 0 heterocycles. The van der Waals surface area contributed by atoms with Crippen LogP contribution in [0.3, 0.4) is 0 Å². The zero-order chi connectivity index (χ0) is 9.14. The van der Waals surface area contributed by atoms with E-state index < -0.39 is 5.82 Å². The smallest absolute Gasteiger partial charge is 0.221 e. The van der Waals surface area contributed by atoms with Crippen LogP contribution >= 0.6 is 12.6 Å². The summed E-state index contributed by atoms with van der Waals surface area (Å²) in [6.45, 7) is 1.36. The van der Waals surface area contributed by atoms with Gasteiger partial charge in [-0.15, -0.1) is 12.6 Å². The summed E-state index contributed by atoms with van der Waals surface area (Å²) in [4.78, 5) is 11.2. The molecule has 1 N–H and O–H groups in total. The van der Waals surface area contributed by atoms with E-state index in [1.54, 1.807) is 0 Å². The lowest BCUT2D eigenvalue weighted by atomic mass is 10.3. The van der Waals surface area contributed by atoms with E-state index in [-0.39, 0.29) is 5.91 Å². The average Bonchev–Trinajstić information content (AvgIpc) is 1.96. The molecule has 0 atom stereocenters. The van der Waals surface area contributed by atoms with E-state index in [4.69, 9.17) is 0 Å². The normalized spacial score (nSPS) is 9.58. The molecular formula is C8H8FNOS. The van der Waals surface area contributed by atoms with Gasteiger partial charge in [-0.25, -0.2) is 4.39 Å². The van der Waals surface area contributed by atoms with Crippen LogP contribution in [0.4, 0.5) is 10.1 Å². The quantitative estimate of drug-likeness (QED) is 0.644. The number of anilines is 1. The largest absolute Gasteiger partial charge is 0.325 e. The standard InChI is InChI=1S/C8H8FNOS/c1-5(11)10-7-4-6(9)2-3-8(7)12/h2-4,12H,1H3,(H,10,11). The summed E-state index contributed by atoms with van der Waals surface area (Å²) >= 11 is 4.04. The van der Waals surface area contributed by atoms with Gasteiger partial charge in [0.25, 0.3) is 0 Å². The van der Waals surface area contributed by atoms with Crippen LogP contribution in [0.1, 0.15) is 6.92 Å². The molecule has 0 aromatic heterocycles. The summed E-state index contributed by atoms with van der Waals surface area (Å²) in [5, 5.41) is 2.46. The first-order chi connectivity index (χ1) is 5.59. The minimum absolute atomic E-state index is 0.240. The maximum atomic E-state index is 12.6. The average molecular weight is 185 g/mol. The molecule has 0 aliphatic carbocycles. The number of hydrogen-bond donors (Lipinski definition) is 2. The lowest BCUT2D eigenvalue weighted by Crippen LogP contribution is -2.06. The number of nitrogens with one attached hydrogen (secondary N) is 1. The van der Waals surface area contributed by atoms with Crippen molar-refractivity contribution in [1.29, 1.82) is 0 Å². The molecule has 0 saturated heterocycles. The van der Waals surface area contributed by atoms with Crippen LogP contribution in [-0.2, 0) is 4.79 Å². The second-order valence-corrected chi connectivity index (χ2v) is 2.82. The van der Waals surface area contributed by atoms with Gasteiger partial charge in [-0.1, -0.05) is 0 Å². The summed E-state index contributed by atoms with van der Waals surface area (Å²) in [5.74, 6) is -0.632. The summed E-state index contributed by atoms with van der Waals surface area (Å²) in [5.41, 5.74) is 0.394. The molecule has 64 valence electrons. The monoisotopic (exact) mass is 185 g/mol. The molecule has 0 fully saturated rings. The molecule has 2 nitrogen and oxygen atoms in total. The highest BCUT2D eigenvalue weighted by Crippen LogP contribution is 2.20. The highest BCUT2D eigenvalue weighted by Gasteiger charge is 2.01. The van der Waals surface area contributed by atoms with Crippen LogP contribution in [0.5, 0.6) is 0 Å². The molecule has 0 unspecified atom stereocenters. The Kier molecular flexibility index (Phi) is 2.70. The number of benzene rings is 1. The SMILES string of the molecule is CC(=O)Nc1cc(F)ccc1S. The lowest BCUT2D eigenvalue weighted by Gasteiger charge is -2.04.